The molecule has 0 bridgehead atoms. The van der Waals surface area contributed by atoms with Crippen LogP contribution < -0.4 is 19.8 Å². The van der Waals surface area contributed by atoms with Crippen molar-refractivity contribution in [2.24, 2.45) is 5.10 Å². The van der Waals surface area contributed by atoms with Crippen molar-refractivity contribution in [3.8, 4) is 5.75 Å². The monoisotopic (exact) mass is 632 g/mol. The van der Waals surface area contributed by atoms with Gasteiger partial charge in [-0.05, 0) is 86.0 Å². The van der Waals surface area contributed by atoms with Crippen molar-refractivity contribution in [2.45, 2.75) is 31.7 Å². The maximum absolute atomic E-state index is 13.5. The van der Waals surface area contributed by atoms with Crippen LogP contribution in [0.25, 0.3) is 0 Å². The minimum absolute atomic E-state index is 0.0431. The van der Waals surface area contributed by atoms with Crippen molar-refractivity contribution >= 4 is 45.3 Å². The van der Waals surface area contributed by atoms with Crippen molar-refractivity contribution in [1.82, 2.24) is 10.7 Å². The molecule has 0 aromatic heterocycles. The van der Waals surface area contributed by atoms with Gasteiger partial charge in [-0.3, -0.25) is 13.9 Å². The SMILES string of the molecule is Cc1ccc(S(=O)(=O)N(CC(=O)N/N=C\c2ccc(OCC(=O)N[C@@H](C)c3ccccc3)cc2)c2ccc(C)c(Cl)c2)cc1. The van der Waals surface area contributed by atoms with Crippen LogP contribution in [-0.4, -0.2) is 39.6 Å². The summed E-state index contributed by atoms with van der Waals surface area (Å²) in [4.78, 5) is 25.2. The average Bonchev–Trinajstić information content (AvgIpc) is 3.01. The molecule has 0 aliphatic heterocycles. The maximum atomic E-state index is 13.5. The molecule has 4 aromatic rings. The molecule has 228 valence electrons. The van der Waals surface area contributed by atoms with Gasteiger partial charge < -0.3 is 10.1 Å². The number of nitrogens with one attached hydrogen (secondary N) is 2. The summed E-state index contributed by atoms with van der Waals surface area (Å²) in [7, 11) is -4.09. The lowest BCUT2D eigenvalue weighted by atomic mass is 10.1. The Morgan fingerprint density at radius 3 is 2.27 bits per heavy atom. The van der Waals surface area contributed by atoms with Crippen LogP contribution in [0.15, 0.2) is 107 Å². The van der Waals surface area contributed by atoms with Crippen LogP contribution in [0.2, 0.25) is 5.02 Å². The topological polar surface area (TPSA) is 117 Å². The van der Waals surface area contributed by atoms with Gasteiger partial charge in [0.1, 0.15) is 12.3 Å². The standard InChI is InChI=1S/C33H33ClN4O5S/c1-23-9-17-30(18-10-23)44(41,42)38(28-14-11-24(2)31(34)19-28)21-32(39)37-35-20-26-12-15-29(16-13-26)43-22-33(40)36-25(3)27-7-5-4-6-8-27/h4-20,25H,21-22H2,1-3H3,(H,36,40)(H,37,39)/b35-20-/t25-/m0/s1. The number of ether oxygens (including phenoxy) is 1. The van der Waals surface area contributed by atoms with Gasteiger partial charge in [-0.25, -0.2) is 13.8 Å². The van der Waals surface area contributed by atoms with E-state index in [4.69, 9.17) is 16.3 Å². The van der Waals surface area contributed by atoms with Crippen LogP contribution in [0.1, 0.15) is 35.2 Å². The number of halogens is 1. The average molecular weight is 633 g/mol. The van der Waals surface area contributed by atoms with E-state index in [1.807, 2.05) is 44.2 Å². The second-order valence-electron chi connectivity index (χ2n) is 10.1. The number of amides is 2. The van der Waals surface area contributed by atoms with Gasteiger partial charge in [-0.2, -0.15) is 5.10 Å². The van der Waals surface area contributed by atoms with Crippen molar-refractivity contribution < 1.29 is 22.7 Å². The van der Waals surface area contributed by atoms with E-state index in [2.05, 4.69) is 15.8 Å². The molecule has 2 N–H and O–H groups in total. The first-order chi connectivity index (χ1) is 21.0. The predicted octanol–water partition coefficient (Wildman–Crippen LogP) is 5.56. The second-order valence-corrected chi connectivity index (χ2v) is 12.4. The molecular weight excluding hydrogens is 600 g/mol. The Hall–Kier alpha value is -4.67. The van der Waals surface area contributed by atoms with E-state index < -0.39 is 22.5 Å². The third-order valence-electron chi connectivity index (χ3n) is 6.67. The zero-order valence-electron chi connectivity index (χ0n) is 24.5. The highest BCUT2D eigenvalue weighted by molar-refractivity contribution is 7.92. The predicted molar refractivity (Wildman–Crippen MR) is 173 cm³/mol. The highest BCUT2D eigenvalue weighted by atomic mass is 35.5. The third-order valence-corrected chi connectivity index (χ3v) is 8.86. The van der Waals surface area contributed by atoms with E-state index in [0.29, 0.717) is 16.3 Å². The normalized spacial score (nSPS) is 12.0. The van der Waals surface area contributed by atoms with Crippen LogP contribution in [-0.2, 0) is 19.6 Å². The molecule has 1 atom stereocenters. The quantitative estimate of drug-likeness (QED) is 0.157. The number of sulfonamides is 1. The first kappa shape index (κ1) is 32.2. The van der Waals surface area contributed by atoms with E-state index in [-0.39, 0.29) is 29.1 Å². The number of nitrogens with zero attached hydrogens (tertiary/aromatic N) is 2. The fraction of sp³-hybridized carbons (Fsp3) is 0.182. The largest absolute Gasteiger partial charge is 0.484 e. The molecule has 4 rings (SSSR count). The Morgan fingerprint density at radius 1 is 0.932 bits per heavy atom. The van der Waals surface area contributed by atoms with Crippen LogP contribution in [0.3, 0.4) is 0 Å². The Bertz CT molecular complexity index is 1730. The fourth-order valence-electron chi connectivity index (χ4n) is 4.14. The summed E-state index contributed by atoms with van der Waals surface area (Å²) < 4.78 is 33.7. The van der Waals surface area contributed by atoms with Gasteiger partial charge in [-0.1, -0.05) is 65.7 Å². The van der Waals surface area contributed by atoms with E-state index in [0.717, 1.165) is 21.0 Å². The summed E-state index contributed by atoms with van der Waals surface area (Å²) in [6, 6.07) is 27.4. The number of hydrogen-bond acceptors (Lipinski definition) is 6. The molecule has 0 saturated heterocycles. The molecule has 11 heteroatoms. The van der Waals surface area contributed by atoms with Gasteiger partial charge in [0, 0.05) is 5.02 Å². The summed E-state index contributed by atoms with van der Waals surface area (Å²) >= 11 is 6.28. The van der Waals surface area contributed by atoms with E-state index in [1.165, 1.54) is 24.4 Å². The number of carbonyl (C=O) groups excluding carboxylic acids is 2. The van der Waals surface area contributed by atoms with Crippen LogP contribution in [0.5, 0.6) is 5.75 Å². The van der Waals surface area contributed by atoms with Gasteiger partial charge in [0.05, 0.1) is 22.8 Å². The molecule has 0 heterocycles. The summed E-state index contributed by atoms with van der Waals surface area (Å²) in [5, 5.41) is 7.24. The number of hydrogen-bond donors (Lipinski definition) is 2. The number of carbonyl (C=O) groups is 2. The number of aryl methyl sites for hydroxylation is 2. The number of hydrazone groups is 1. The smallest absolute Gasteiger partial charge is 0.264 e. The van der Waals surface area contributed by atoms with Gasteiger partial charge in [0.15, 0.2) is 6.61 Å². The molecule has 0 aliphatic carbocycles. The van der Waals surface area contributed by atoms with Gasteiger partial charge in [-0.15, -0.1) is 0 Å². The second kappa shape index (κ2) is 14.7. The minimum Gasteiger partial charge on any atom is -0.484 e. The van der Waals surface area contributed by atoms with E-state index >= 15 is 0 Å². The Morgan fingerprint density at radius 2 is 1.61 bits per heavy atom. The highest BCUT2D eigenvalue weighted by Gasteiger charge is 2.27. The molecule has 4 aromatic carbocycles. The lowest BCUT2D eigenvalue weighted by Gasteiger charge is -2.24. The molecule has 0 aliphatic rings. The minimum atomic E-state index is -4.09. The zero-order chi connectivity index (χ0) is 31.7. The first-order valence-electron chi connectivity index (χ1n) is 13.8. The summed E-state index contributed by atoms with van der Waals surface area (Å²) in [6.45, 7) is 4.89. The zero-order valence-corrected chi connectivity index (χ0v) is 26.1. The van der Waals surface area contributed by atoms with Crippen molar-refractivity contribution in [2.75, 3.05) is 17.5 Å². The Kier molecular flexibility index (Phi) is 10.8. The third kappa shape index (κ3) is 8.68. The Labute approximate surface area is 262 Å². The first-order valence-corrected chi connectivity index (χ1v) is 15.6. The Balaban J connectivity index is 1.35. The molecule has 0 saturated carbocycles. The van der Waals surface area contributed by atoms with Crippen molar-refractivity contribution in [3.05, 3.63) is 124 Å². The molecule has 0 unspecified atom stereocenters. The van der Waals surface area contributed by atoms with Gasteiger partial charge >= 0.3 is 0 Å². The number of anilines is 1. The number of rotatable bonds is 12. The summed E-state index contributed by atoms with van der Waals surface area (Å²) in [6.07, 6.45) is 1.41. The lowest BCUT2D eigenvalue weighted by molar-refractivity contribution is -0.123. The summed E-state index contributed by atoms with van der Waals surface area (Å²) in [5.41, 5.74) is 5.95. The van der Waals surface area contributed by atoms with Crippen LogP contribution >= 0.6 is 11.6 Å². The van der Waals surface area contributed by atoms with E-state index in [1.54, 1.807) is 55.5 Å². The molecule has 2 amide bonds. The fourth-order valence-corrected chi connectivity index (χ4v) is 5.73. The van der Waals surface area contributed by atoms with Crippen molar-refractivity contribution in [1.29, 1.82) is 0 Å². The van der Waals surface area contributed by atoms with Gasteiger partial charge in [0.2, 0.25) is 0 Å². The van der Waals surface area contributed by atoms with Crippen LogP contribution in [0.4, 0.5) is 5.69 Å². The lowest BCUT2D eigenvalue weighted by Crippen LogP contribution is -2.39. The molecular formula is C33H33ClN4O5S. The molecule has 0 spiro atoms. The number of benzene rings is 4. The molecule has 9 nitrogen and oxygen atoms in total. The molecule has 44 heavy (non-hydrogen) atoms. The summed E-state index contributed by atoms with van der Waals surface area (Å²) in [5.74, 6) is -0.409. The van der Waals surface area contributed by atoms with E-state index in [9.17, 15) is 18.0 Å². The maximum Gasteiger partial charge on any atom is 0.264 e. The van der Waals surface area contributed by atoms with Gasteiger partial charge in [0.25, 0.3) is 21.8 Å². The van der Waals surface area contributed by atoms with Crippen LogP contribution in [0, 0.1) is 13.8 Å². The molecule has 0 fully saturated rings. The molecule has 0 radical (unpaired) electrons. The highest BCUT2D eigenvalue weighted by Crippen LogP contribution is 2.28. The van der Waals surface area contributed by atoms with Crippen molar-refractivity contribution in [3.63, 3.8) is 0 Å².